The molecule has 0 radical (unpaired) electrons. The van der Waals surface area contributed by atoms with E-state index in [2.05, 4.69) is 5.32 Å². The molecule has 20 heavy (non-hydrogen) atoms. The number of hydrogen-bond donors (Lipinski definition) is 2. The van der Waals surface area contributed by atoms with Gasteiger partial charge in [-0.05, 0) is 32.3 Å². The summed E-state index contributed by atoms with van der Waals surface area (Å²) in [5, 5.41) is 13.2. The van der Waals surface area contributed by atoms with Gasteiger partial charge in [0.1, 0.15) is 5.60 Å². The number of alkyl carbamates (subject to hydrolysis) is 1. The summed E-state index contributed by atoms with van der Waals surface area (Å²) in [6.45, 7) is 9.34. The molecular formula is C16H25NO3. The first kappa shape index (κ1) is 16.5. The largest absolute Gasteiger partial charge is 0.444 e. The van der Waals surface area contributed by atoms with Crippen LogP contribution >= 0.6 is 0 Å². The normalized spacial score (nSPS) is 14.8. The van der Waals surface area contributed by atoms with E-state index in [4.69, 9.17) is 4.74 Å². The van der Waals surface area contributed by atoms with Crippen molar-refractivity contribution in [3.63, 3.8) is 0 Å². The first-order chi connectivity index (χ1) is 9.20. The molecule has 0 unspecified atom stereocenters. The van der Waals surface area contributed by atoms with Crippen molar-refractivity contribution in [3.8, 4) is 0 Å². The number of aliphatic hydroxyl groups excluding tert-OH is 1. The van der Waals surface area contributed by atoms with Crippen LogP contribution in [-0.2, 0) is 4.74 Å². The van der Waals surface area contributed by atoms with Gasteiger partial charge in [0, 0.05) is 0 Å². The summed E-state index contributed by atoms with van der Waals surface area (Å²) in [6.07, 6.45) is -1.27. The van der Waals surface area contributed by atoms with Gasteiger partial charge in [0.15, 0.2) is 0 Å². The van der Waals surface area contributed by atoms with Crippen LogP contribution in [-0.4, -0.2) is 22.8 Å². The topological polar surface area (TPSA) is 58.6 Å². The Morgan fingerprint density at radius 1 is 1.20 bits per heavy atom. The zero-order chi connectivity index (χ0) is 15.3. The van der Waals surface area contributed by atoms with E-state index in [1.54, 1.807) is 0 Å². The Labute approximate surface area is 121 Å². The molecule has 1 aromatic rings. The molecule has 4 nitrogen and oxygen atoms in total. The highest BCUT2D eigenvalue weighted by atomic mass is 16.6. The highest BCUT2D eigenvalue weighted by Gasteiger charge is 2.27. The van der Waals surface area contributed by atoms with Crippen LogP contribution in [0.5, 0.6) is 0 Å². The molecule has 4 heteroatoms. The quantitative estimate of drug-likeness (QED) is 0.889. The molecule has 0 fully saturated rings. The molecule has 1 rings (SSSR count). The molecule has 2 N–H and O–H groups in total. The average Bonchev–Trinajstić information content (AvgIpc) is 2.34. The summed E-state index contributed by atoms with van der Waals surface area (Å²) in [6, 6.07) is 8.91. The minimum absolute atomic E-state index is 0.0812. The second kappa shape index (κ2) is 6.75. The summed E-state index contributed by atoms with van der Waals surface area (Å²) < 4.78 is 5.24. The predicted molar refractivity (Wildman–Crippen MR) is 79.4 cm³/mol. The van der Waals surface area contributed by atoms with Crippen LogP contribution in [0.2, 0.25) is 0 Å². The van der Waals surface area contributed by atoms with Crippen molar-refractivity contribution >= 4 is 6.09 Å². The molecule has 1 aromatic carbocycles. The minimum atomic E-state index is -0.760. The van der Waals surface area contributed by atoms with E-state index in [0.717, 1.165) is 5.56 Å². The summed E-state index contributed by atoms with van der Waals surface area (Å²) in [5.74, 6) is 0.0812. The van der Waals surface area contributed by atoms with E-state index < -0.39 is 23.8 Å². The lowest BCUT2D eigenvalue weighted by Crippen LogP contribution is -2.45. The van der Waals surface area contributed by atoms with Crippen LogP contribution in [0.1, 0.15) is 46.3 Å². The van der Waals surface area contributed by atoms with Crippen molar-refractivity contribution in [2.75, 3.05) is 0 Å². The van der Waals surface area contributed by atoms with Gasteiger partial charge >= 0.3 is 6.09 Å². The third-order valence-corrected chi connectivity index (χ3v) is 2.88. The Morgan fingerprint density at radius 3 is 2.20 bits per heavy atom. The van der Waals surface area contributed by atoms with Crippen LogP contribution in [0.25, 0.3) is 0 Å². The van der Waals surface area contributed by atoms with Crippen molar-refractivity contribution in [2.45, 2.75) is 52.4 Å². The molecule has 0 aromatic heterocycles. The maximum atomic E-state index is 11.9. The Morgan fingerprint density at radius 2 is 1.75 bits per heavy atom. The van der Waals surface area contributed by atoms with Crippen molar-refractivity contribution in [1.82, 2.24) is 5.32 Å². The van der Waals surface area contributed by atoms with Gasteiger partial charge in [-0.15, -0.1) is 0 Å². The molecule has 0 saturated carbocycles. The van der Waals surface area contributed by atoms with Crippen molar-refractivity contribution in [1.29, 1.82) is 0 Å². The third-order valence-electron chi connectivity index (χ3n) is 2.88. The van der Waals surface area contributed by atoms with Crippen molar-refractivity contribution in [2.24, 2.45) is 5.92 Å². The van der Waals surface area contributed by atoms with Crippen molar-refractivity contribution < 1.29 is 14.6 Å². The second-order valence-electron chi connectivity index (χ2n) is 6.27. The van der Waals surface area contributed by atoms with Gasteiger partial charge in [-0.2, -0.15) is 0 Å². The molecule has 0 aliphatic rings. The molecule has 0 aliphatic heterocycles. The zero-order valence-corrected chi connectivity index (χ0v) is 12.9. The van der Waals surface area contributed by atoms with Crippen LogP contribution in [0.3, 0.4) is 0 Å². The van der Waals surface area contributed by atoms with Crippen LogP contribution in [0.4, 0.5) is 4.79 Å². The SMILES string of the molecule is CC(C)[C@H](NC(=O)OC(C)(C)C)[C@H](O)c1ccccc1. The number of nitrogens with one attached hydrogen (secondary N) is 1. The van der Waals surface area contributed by atoms with E-state index in [0.29, 0.717) is 0 Å². The number of amides is 1. The summed E-state index contributed by atoms with van der Waals surface area (Å²) >= 11 is 0. The number of carbonyl (C=O) groups excluding carboxylic acids is 1. The first-order valence-electron chi connectivity index (χ1n) is 6.93. The molecule has 0 saturated heterocycles. The zero-order valence-electron chi connectivity index (χ0n) is 12.9. The molecule has 2 atom stereocenters. The van der Waals surface area contributed by atoms with E-state index in [9.17, 15) is 9.90 Å². The molecule has 0 heterocycles. The van der Waals surface area contributed by atoms with Crippen LogP contribution in [0, 0.1) is 5.92 Å². The highest BCUT2D eigenvalue weighted by molar-refractivity contribution is 5.68. The van der Waals surface area contributed by atoms with Gasteiger partial charge in [0.2, 0.25) is 0 Å². The van der Waals surface area contributed by atoms with Gasteiger partial charge in [-0.25, -0.2) is 4.79 Å². The lowest BCUT2D eigenvalue weighted by Gasteiger charge is -2.29. The Hall–Kier alpha value is -1.55. The smallest absolute Gasteiger partial charge is 0.407 e. The molecule has 0 bridgehead atoms. The number of aliphatic hydroxyl groups is 1. The Bertz CT molecular complexity index is 423. The fraction of sp³-hybridized carbons (Fsp3) is 0.562. The van der Waals surface area contributed by atoms with Gasteiger partial charge < -0.3 is 15.2 Å². The highest BCUT2D eigenvalue weighted by Crippen LogP contribution is 2.22. The second-order valence-corrected chi connectivity index (χ2v) is 6.27. The summed E-state index contributed by atoms with van der Waals surface area (Å²) in [4.78, 5) is 11.9. The summed E-state index contributed by atoms with van der Waals surface area (Å²) in [5.41, 5.74) is 0.228. The minimum Gasteiger partial charge on any atom is -0.444 e. The lowest BCUT2D eigenvalue weighted by molar-refractivity contribution is 0.0374. The maximum Gasteiger partial charge on any atom is 0.407 e. The van der Waals surface area contributed by atoms with Gasteiger partial charge in [0.25, 0.3) is 0 Å². The molecule has 0 aliphatic carbocycles. The average molecular weight is 279 g/mol. The van der Waals surface area contributed by atoms with Gasteiger partial charge in [-0.1, -0.05) is 44.2 Å². The Kier molecular flexibility index (Phi) is 5.57. The van der Waals surface area contributed by atoms with E-state index in [-0.39, 0.29) is 5.92 Å². The number of ether oxygens (including phenoxy) is 1. The van der Waals surface area contributed by atoms with Crippen LogP contribution < -0.4 is 5.32 Å². The Balaban J connectivity index is 2.77. The van der Waals surface area contributed by atoms with Gasteiger partial charge in [-0.3, -0.25) is 0 Å². The number of rotatable bonds is 4. The van der Waals surface area contributed by atoms with E-state index in [1.165, 1.54) is 0 Å². The number of hydrogen-bond acceptors (Lipinski definition) is 3. The molecule has 112 valence electrons. The van der Waals surface area contributed by atoms with E-state index in [1.807, 2.05) is 65.0 Å². The number of benzene rings is 1. The van der Waals surface area contributed by atoms with Crippen LogP contribution in [0.15, 0.2) is 30.3 Å². The maximum absolute atomic E-state index is 11.9. The molecule has 1 amide bonds. The first-order valence-corrected chi connectivity index (χ1v) is 6.93. The fourth-order valence-corrected chi connectivity index (χ4v) is 1.91. The standard InChI is InChI=1S/C16H25NO3/c1-11(2)13(17-15(19)20-16(3,4)5)14(18)12-9-7-6-8-10-12/h6-11,13-14,18H,1-5H3,(H,17,19)/t13-,14+/m0/s1. The molecule has 0 spiro atoms. The van der Waals surface area contributed by atoms with Gasteiger partial charge in [0.05, 0.1) is 12.1 Å². The monoisotopic (exact) mass is 279 g/mol. The fourth-order valence-electron chi connectivity index (χ4n) is 1.91. The third kappa shape index (κ3) is 5.21. The van der Waals surface area contributed by atoms with E-state index >= 15 is 0 Å². The van der Waals surface area contributed by atoms with Crippen molar-refractivity contribution in [3.05, 3.63) is 35.9 Å². The summed E-state index contributed by atoms with van der Waals surface area (Å²) in [7, 11) is 0. The predicted octanol–water partition coefficient (Wildman–Crippen LogP) is 3.27. The molecular weight excluding hydrogens is 254 g/mol. The lowest BCUT2D eigenvalue weighted by atomic mass is 9.93. The number of carbonyl (C=O) groups is 1.